The molecule has 0 aliphatic rings. The van der Waals surface area contributed by atoms with E-state index < -0.39 is 0 Å². The number of carbonyl (C=O) groups is 2. The van der Waals surface area contributed by atoms with Gasteiger partial charge in [-0.25, -0.2) is 4.79 Å². The lowest BCUT2D eigenvalue weighted by Gasteiger charge is -2.08. The van der Waals surface area contributed by atoms with Crippen molar-refractivity contribution >= 4 is 17.5 Å². The van der Waals surface area contributed by atoms with E-state index in [1.807, 2.05) is 0 Å². The standard InChI is InChI=1S/C15H18N2O2/c1-3-4-5-6-10-16-15(19)17-14-9-7-8-13(11-14)12(2)18/h1,7-9,11H,4-6,10H2,2H3,(H2,16,17,19). The molecule has 2 amide bonds. The predicted molar refractivity (Wildman–Crippen MR) is 76.2 cm³/mol. The molecule has 1 aromatic rings. The van der Waals surface area contributed by atoms with E-state index in [0.29, 0.717) is 17.8 Å². The molecule has 4 heteroatoms. The number of nitrogens with one attached hydrogen (secondary N) is 2. The zero-order valence-electron chi connectivity index (χ0n) is 11.0. The van der Waals surface area contributed by atoms with Gasteiger partial charge in [-0.15, -0.1) is 12.3 Å². The van der Waals surface area contributed by atoms with Crippen molar-refractivity contribution in [3.8, 4) is 12.3 Å². The summed E-state index contributed by atoms with van der Waals surface area (Å²) in [6, 6.07) is 6.57. The summed E-state index contributed by atoms with van der Waals surface area (Å²) in [6.07, 6.45) is 7.61. The maximum Gasteiger partial charge on any atom is 0.319 e. The first-order chi connectivity index (χ1) is 9.13. The highest BCUT2D eigenvalue weighted by atomic mass is 16.2. The second-order valence-corrected chi connectivity index (χ2v) is 4.18. The molecule has 19 heavy (non-hydrogen) atoms. The van der Waals surface area contributed by atoms with Crippen molar-refractivity contribution in [2.45, 2.75) is 26.2 Å². The van der Waals surface area contributed by atoms with Crippen molar-refractivity contribution in [3.05, 3.63) is 29.8 Å². The van der Waals surface area contributed by atoms with Gasteiger partial charge in [0.05, 0.1) is 0 Å². The number of terminal acetylenes is 1. The van der Waals surface area contributed by atoms with Crippen LogP contribution in [0.1, 0.15) is 36.5 Å². The first-order valence-corrected chi connectivity index (χ1v) is 6.23. The second-order valence-electron chi connectivity index (χ2n) is 4.18. The zero-order chi connectivity index (χ0) is 14.1. The van der Waals surface area contributed by atoms with Crippen LogP contribution in [-0.2, 0) is 0 Å². The first-order valence-electron chi connectivity index (χ1n) is 6.23. The van der Waals surface area contributed by atoms with Crippen molar-refractivity contribution in [2.75, 3.05) is 11.9 Å². The minimum Gasteiger partial charge on any atom is -0.338 e. The van der Waals surface area contributed by atoms with Gasteiger partial charge in [-0.2, -0.15) is 0 Å². The summed E-state index contributed by atoms with van der Waals surface area (Å²) in [5.74, 6) is 2.52. The Morgan fingerprint density at radius 1 is 1.32 bits per heavy atom. The molecule has 0 aromatic heterocycles. The Morgan fingerprint density at radius 3 is 2.79 bits per heavy atom. The number of Topliss-reactive ketones (excluding diaryl/α,β-unsaturated/α-hetero) is 1. The van der Waals surface area contributed by atoms with Crippen LogP contribution in [0.4, 0.5) is 10.5 Å². The highest BCUT2D eigenvalue weighted by Crippen LogP contribution is 2.10. The van der Waals surface area contributed by atoms with Crippen molar-refractivity contribution in [1.29, 1.82) is 0 Å². The maximum absolute atomic E-state index is 11.6. The lowest BCUT2D eigenvalue weighted by molar-refractivity contribution is 0.101. The molecule has 0 aliphatic carbocycles. The van der Waals surface area contributed by atoms with Gasteiger partial charge in [0.1, 0.15) is 0 Å². The molecule has 0 aliphatic heterocycles. The smallest absolute Gasteiger partial charge is 0.319 e. The van der Waals surface area contributed by atoms with E-state index in [-0.39, 0.29) is 11.8 Å². The molecule has 0 saturated heterocycles. The van der Waals surface area contributed by atoms with Crippen LogP contribution < -0.4 is 10.6 Å². The normalized spacial score (nSPS) is 9.47. The summed E-state index contributed by atoms with van der Waals surface area (Å²) in [5, 5.41) is 5.42. The Bertz CT molecular complexity index is 489. The van der Waals surface area contributed by atoms with Crippen LogP contribution in [0.15, 0.2) is 24.3 Å². The molecule has 100 valence electrons. The number of unbranched alkanes of at least 4 members (excludes halogenated alkanes) is 2. The van der Waals surface area contributed by atoms with Crippen LogP contribution in [0.2, 0.25) is 0 Å². The largest absolute Gasteiger partial charge is 0.338 e. The Kier molecular flexibility index (Phi) is 6.17. The maximum atomic E-state index is 11.6. The molecular weight excluding hydrogens is 240 g/mol. The van der Waals surface area contributed by atoms with Gasteiger partial charge in [-0.3, -0.25) is 4.79 Å². The van der Waals surface area contributed by atoms with E-state index in [1.54, 1.807) is 24.3 Å². The zero-order valence-corrected chi connectivity index (χ0v) is 11.0. The summed E-state index contributed by atoms with van der Waals surface area (Å²) >= 11 is 0. The third-order valence-corrected chi connectivity index (χ3v) is 2.56. The molecule has 0 atom stereocenters. The van der Waals surface area contributed by atoms with Crippen LogP contribution in [0.3, 0.4) is 0 Å². The van der Waals surface area contributed by atoms with Crippen LogP contribution in [0, 0.1) is 12.3 Å². The number of amides is 2. The molecule has 0 bridgehead atoms. The minimum absolute atomic E-state index is 0.0293. The van der Waals surface area contributed by atoms with E-state index in [4.69, 9.17) is 6.42 Å². The summed E-state index contributed by atoms with van der Waals surface area (Å²) in [5.41, 5.74) is 1.18. The fourth-order valence-corrected chi connectivity index (χ4v) is 1.55. The van der Waals surface area contributed by atoms with Gasteiger partial charge < -0.3 is 10.6 Å². The van der Waals surface area contributed by atoms with Crippen LogP contribution in [0.5, 0.6) is 0 Å². The summed E-state index contributed by atoms with van der Waals surface area (Å²) in [6.45, 7) is 2.07. The Morgan fingerprint density at radius 2 is 2.11 bits per heavy atom. The number of ketones is 1. The lowest BCUT2D eigenvalue weighted by atomic mass is 10.1. The second kappa shape index (κ2) is 7.93. The number of rotatable bonds is 6. The lowest BCUT2D eigenvalue weighted by Crippen LogP contribution is -2.29. The van der Waals surface area contributed by atoms with Crippen molar-refractivity contribution in [3.63, 3.8) is 0 Å². The van der Waals surface area contributed by atoms with Gasteiger partial charge >= 0.3 is 6.03 Å². The number of hydrogen-bond donors (Lipinski definition) is 2. The van der Waals surface area contributed by atoms with E-state index >= 15 is 0 Å². The Hall–Kier alpha value is -2.28. The van der Waals surface area contributed by atoms with E-state index in [1.165, 1.54) is 6.92 Å². The van der Waals surface area contributed by atoms with Gasteiger partial charge in [0, 0.05) is 24.2 Å². The van der Waals surface area contributed by atoms with Crippen LogP contribution in [-0.4, -0.2) is 18.4 Å². The number of hydrogen-bond acceptors (Lipinski definition) is 2. The molecule has 2 N–H and O–H groups in total. The molecule has 0 heterocycles. The van der Waals surface area contributed by atoms with Crippen molar-refractivity contribution < 1.29 is 9.59 Å². The van der Waals surface area contributed by atoms with Crippen LogP contribution in [0.25, 0.3) is 0 Å². The fraction of sp³-hybridized carbons (Fsp3) is 0.333. The molecule has 4 nitrogen and oxygen atoms in total. The van der Waals surface area contributed by atoms with Crippen molar-refractivity contribution in [1.82, 2.24) is 5.32 Å². The Labute approximate surface area is 113 Å². The molecule has 0 fully saturated rings. The molecule has 1 aromatic carbocycles. The molecule has 0 spiro atoms. The predicted octanol–water partition coefficient (Wildman–Crippen LogP) is 2.81. The third-order valence-electron chi connectivity index (χ3n) is 2.56. The average molecular weight is 258 g/mol. The average Bonchev–Trinajstić information content (AvgIpc) is 2.38. The highest BCUT2D eigenvalue weighted by Gasteiger charge is 2.03. The SMILES string of the molecule is C#CCCCCNC(=O)Nc1cccc(C(C)=O)c1. The Balaban J connectivity index is 2.38. The summed E-state index contributed by atoms with van der Waals surface area (Å²) < 4.78 is 0. The van der Waals surface area contributed by atoms with Gasteiger partial charge in [-0.1, -0.05) is 12.1 Å². The van der Waals surface area contributed by atoms with Gasteiger partial charge in [0.25, 0.3) is 0 Å². The number of benzene rings is 1. The minimum atomic E-state index is -0.276. The van der Waals surface area contributed by atoms with Gasteiger partial charge in [-0.05, 0) is 31.9 Å². The molecular formula is C15H18N2O2. The van der Waals surface area contributed by atoms with E-state index in [2.05, 4.69) is 16.6 Å². The van der Waals surface area contributed by atoms with E-state index in [9.17, 15) is 9.59 Å². The molecule has 0 unspecified atom stereocenters. The molecule has 0 radical (unpaired) electrons. The number of urea groups is 1. The number of carbonyl (C=O) groups excluding carboxylic acids is 2. The van der Waals surface area contributed by atoms with Crippen molar-refractivity contribution in [2.24, 2.45) is 0 Å². The third kappa shape index (κ3) is 5.73. The van der Waals surface area contributed by atoms with E-state index in [0.717, 1.165) is 19.3 Å². The summed E-state index contributed by atoms with van der Waals surface area (Å²) in [4.78, 5) is 22.8. The van der Waals surface area contributed by atoms with Gasteiger partial charge in [0.2, 0.25) is 0 Å². The topological polar surface area (TPSA) is 58.2 Å². The quantitative estimate of drug-likeness (QED) is 0.468. The first kappa shape index (κ1) is 14.8. The monoisotopic (exact) mass is 258 g/mol. The highest BCUT2D eigenvalue weighted by molar-refractivity contribution is 5.96. The summed E-state index contributed by atoms with van der Waals surface area (Å²) in [7, 11) is 0. The van der Waals surface area contributed by atoms with Crippen LogP contribution >= 0.6 is 0 Å². The molecule has 1 rings (SSSR count). The molecule has 0 saturated carbocycles. The van der Waals surface area contributed by atoms with Gasteiger partial charge in [0.15, 0.2) is 5.78 Å². The number of anilines is 1. The fourth-order valence-electron chi connectivity index (χ4n) is 1.55.